The van der Waals surface area contributed by atoms with E-state index in [9.17, 15) is 9.90 Å². The topological polar surface area (TPSA) is 62.2 Å². The van der Waals surface area contributed by atoms with Crippen LogP contribution in [0.25, 0.3) is 20.8 Å². The molecule has 3 aromatic carbocycles. The van der Waals surface area contributed by atoms with Crippen molar-refractivity contribution in [2.24, 2.45) is 0 Å². The van der Waals surface area contributed by atoms with Crippen molar-refractivity contribution in [1.29, 1.82) is 0 Å². The highest BCUT2D eigenvalue weighted by molar-refractivity contribution is 7.21. The summed E-state index contributed by atoms with van der Waals surface area (Å²) in [7, 11) is 0. The maximum atomic E-state index is 12.2. The molecule has 0 aliphatic carbocycles. The number of fused-ring (bicyclic) bond motifs is 1. The summed E-state index contributed by atoms with van der Waals surface area (Å²) in [5, 5.41) is 14.0. The maximum Gasteiger partial charge on any atom is 0.224 e. The van der Waals surface area contributed by atoms with Gasteiger partial charge < -0.3 is 10.4 Å². The van der Waals surface area contributed by atoms with Gasteiger partial charge in [-0.05, 0) is 36.2 Å². The lowest BCUT2D eigenvalue weighted by atomic mass is 10.1. The second-order valence-corrected chi connectivity index (χ2v) is 7.28. The molecule has 0 unspecified atom stereocenters. The number of carbonyl (C=O) groups is 1. The van der Waals surface area contributed by atoms with E-state index < -0.39 is 0 Å². The third-order valence-corrected chi connectivity index (χ3v) is 5.36. The molecule has 4 nitrogen and oxygen atoms in total. The summed E-state index contributed by atoms with van der Waals surface area (Å²) in [5.41, 5.74) is 3.28. The Bertz CT molecular complexity index is 1060. The molecule has 5 heteroatoms. The minimum atomic E-state index is -0.0778. The number of carbonyl (C=O) groups excluding carboxylic acids is 1. The Hall–Kier alpha value is -3.18. The molecule has 0 aliphatic rings. The first kappa shape index (κ1) is 17.2. The second-order valence-electron chi connectivity index (χ2n) is 6.25. The fourth-order valence-corrected chi connectivity index (χ4v) is 3.90. The molecule has 134 valence electrons. The van der Waals surface area contributed by atoms with Gasteiger partial charge in [-0.15, -0.1) is 11.3 Å². The standard InChI is InChI=1S/C22H18N2O2S/c25-19-14-16(23-21(26)13-10-15-6-2-1-3-7-15)11-12-17(19)22-24-18-8-4-5-9-20(18)27-22/h1-9,11-12,14,25H,10,13H2,(H,23,26). The van der Waals surface area contributed by atoms with Crippen molar-refractivity contribution in [3.8, 4) is 16.3 Å². The number of aromatic hydroxyl groups is 1. The molecule has 2 N–H and O–H groups in total. The van der Waals surface area contributed by atoms with Crippen LogP contribution in [-0.2, 0) is 11.2 Å². The number of rotatable bonds is 5. The van der Waals surface area contributed by atoms with Crippen LogP contribution in [0.2, 0.25) is 0 Å². The molecule has 0 saturated carbocycles. The molecule has 1 amide bonds. The Labute approximate surface area is 161 Å². The van der Waals surface area contributed by atoms with Crippen LogP contribution < -0.4 is 5.32 Å². The van der Waals surface area contributed by atoms with Gasteiger partial charge >= 0.3 is 0 Å². The molecule has 0 aliphatic heterocycles. The van der Waals surface area contributed by atoms with Crippen molar-refractivity contribution < 1.29 is 9.90 Å². The lowest BCUT2D eigenvalue weighted by Crippen LogP contribution is -2.12. The van der Waals surface area contributed by atoms with Crippen molar-refractivity contribution in [1.82, 2.24) is 4.98 Å². The third kappa shape index (κ3) is 3.99. The van der Waals surface area contributed by atoms with E-state index in [0.29, 0.717) is 24.1 Å². The van der Waals surface area contributed by atoms with Crippen LogP contribution in [0.5, 0.6) is 5.75 Å². The van der Waals surface area contributed by atoms with E-state index in [1.165, 1.54) is 11.3 Å². The number of nitrogens with zero attached hydrogens (tertiary/aromatic N) is 1. The number of aryl methyl sites for hydroxylation is 1. The van der Waals surface area contributed by atoms with Gasteiger partial charge in [0.05, 0.1) is 15.8 Å². The number of nitrogens with one attached hydrogen (secondary N) is 1. The molecule has 1 heterocycles. The normalized spacial score (nSPS) is 10.8. The predicted molar refractivity (Wildman–Crippen MR) is 110 cm³/mol. The summed E-state index contributed by atoms with van der Waals surface area (Å²) >= 11 is 1.53. The minimum absolute atomic E-state index is 0.0778. The van der Waals surface area contributed by atoms with E-state index >= 15 is 0 Å². The Balaban J connectivity index is 1.45. The van der Waals surface area contributed by atoms with Crippen molar-refractivity contribution in [3.05, 3.63) is 78.4 Å². The van der Waals surface area contributed by atoms with Gasteiger partial charge in [-0.3, -0.25) is 4.79 Å². The molecule has 4 rings (SSSR count). The molecule has 0 saturated heterocycles. The molecular formula is C22H18N2O2S. The summed E-state index contributed by atoms with van der Waals surface area (Å²) < 4.78 is 1.07. The van der Waals surface area contributed by atoms with Crippen molar-refractivity contribution >= 4 is 33.1 Å². The molecule has 0 fully saturated rings. The smallest absolute Gasteiger partial charge is 0.224 e. The summed E-state index contributed by atoms with van der Waals surface area (Å²) in [6, 6.07) is 22.9. The van der Waals surface area contributed by atoms with Crippen LogP contribution in [-0.4, -0.2) is 16.0 Å². The fraction of sp³-hybridized carbons (Fsp3) is 0.0909. The lowest BCUT2D eigenvalue weighted by Gasteiger charge is -2.08. The fourth-order valence-electron chi connectivity index (χ4n) is 2.90. The zero-order valence-electron chi connectivity index (χ0n) is 14.6. The van der Waals surface area contributed by atoms with Crippen molar-refractivity contribution in [3.63, 3.8) is 0 Å². The number of amides is 1. The molecule has 0 bridgehead atoms. The van der Waals surface area contributed by atoms with Gasteiger partial charge in [-0.1, -0.05) is 42.5 Å². The summed E-state index contributed by atoms with van der Waals surface area (Å²) in [5.74, 6) is 0.0286. The van der Waals surface area contributed by atoms with E-state index in [1.54, 1.807) is 18.2 Å². The maximum absolute atomic E-state index is 12.2. The molecule has 0 radical (unpaired) electrons. The Morgan fingerprint density at radius 1 is 1.00 bits per heavy atom. The number of thiazole rings is 1. The van der Waals surface area contributed by atoms with E-state index in [2.05, 4.69) is 10.3 Å². The Kier molecular flexibility index (Phi) is 4.85. The monoisotopic (exact) mass is 374 g/mol. The first-order valence-corrected chi connectivity index (χ1v) is 9.53. The second kappa shape index (κ2) is 7.60. The van der Waals surface area contributed by atoms with E-state index in [4.69, 9.17) is 0 Å². The van der Waals surface area contributed by atoms with Gasteiger partial charge in [-0.25, -0.2) is 4.98 Å². The van der Waals surface area contributed by atoms with Crippen LogP contribution in [0.15, 0.2) is 72.8 Å². The minimum Gasteiger partial charge on any atom is -0.507 e. The number of para-hydroxylation sites is 1. The van der Waals surface area contributed by atoms with Gasteiger partial charge in [0.25, 0.3) is 0 Å². The SMILES string of the molecule is O=C(CCc1ccccc1)Nc1ccc(-c2nc3ccccc3s2)c(O)c1. The third-order valence-electron chi connectivity index (χ3n) is 4.29. The molecule has 4 aromatic rings. The molecule has 0 atom stereocenters. The predicted octanol–water partition coefficient (Wildman–Crippen LogP) is 5.24. The van der Waals surface area contributed by atoms with Crippen LogP contribution >= 0.6 is 11.3 Å². The van der Waals surface area contributed by atoms with Crippen molar-refractivity contribution in [2.45, 2.75) is 12.8 Å². The van der Waals surface area contributed by atoms with Crippen LogP contribution in [0.1, 0.15) is 12.0 Å². The summed E-state index contributed by atoms with van der Waals surface area (Å²) in [6.45, 7) is 0. The van der Waals surface area contributed by atoms with Gasteiger partial charge in [0.2, 0.25) is 5.91 Å². The number of phenols is 1. The first-order chi connectivity index (χ1) is 13.2. The van der Waals surface area contributed by atoms with Crippen LogP contribution in [0.4, 0.5) is 5.69 Å². The Morgan fingerprint density at radius 2 is 1.78 bits per heavy atom. The molecular weight excluding hydrogens is 356 g/mol. The molecule has 1 aromatic heterocycles. The average molecular weight is 374 g/mol. The number of anilines is 1. The van der Waals surface area contributed by atoms with Gasteiger partial charge in [0.1, 0.15) is 10.8 Å². The first-order valence-electron chi connectivity index (χ1n) is 8.72. The average Bonchev–Trinajstić information content (AvgIpc) is 3.11. The largest absolute Gasteiger partial charge is 0.507 e. The van der Waals surface area contributed by atoms with Crippen LogP contribution in [0.3, 0.4) is 0 Å². The quantitative estimate of drug-likeness (QED) is 0.502. The molecule has 27 heavy (non-hydrogen) atoms. The Morgan fingerprint density at radius 3 is 2.56 bits per heavy atom. The zero-order valence-corrected chi connectivity index (χ0v) is 15.4. The highest BCUT2D eigenvalue weighted by Crippen LogP contribution is 2.36. The van der Waals surface area contributed by atoms with Gasteiger partial charge in [0, 0.05) is 18.2 Å². The summed E-state index contributed by atoms with van der Waals surface area (Å²) in [6.07, 6.45) is 1.08. The number of benzene rings is 3. The van der Waals surface area contributed by atoms with Crippen molar-refractivity contribution in [2.75, 3.05) is 5.32 Å². The van der Waals surface area contributed by atoms with Gasteiger partial charge in [0.15, 0.2) is 0 Å². The molecule has 0 spiro atoms. The number of hydrogen-bond donors (Lipinski definition) is 2. The lowest BCUT2D eigenvalue weighted by molar-refractivity contribution is -0.116. The van der Waals surface area contributed by atoms with Crippen LogP contribution in [0, 0.1) is 0 Å². The number of phenolic OH excluding ortho intramolecular Hbond substituents is 1. The van der Waals surface area contributed by atoms with E-state index in [1.807, 2.05) is 54.6 Å². The highest BCUT2D eigenvalue weighted by atomic mass is 32.1. The summed E-state index contributed by atoms with van der Waals surface area (Å²) in [4.78, 5) is 16.7. The zero-order chi connectivity index (χ0) is 18.6. The van der Waals surface area contributed by atoms with Gasteiger partial charge in [-0.2, -0.15) is 0 Å². The van der Waals surface area contributed by atoms with E-state index in [-0.39, 0.29) is 11.7 Å². The highest BCUT2D eigenvalue weighted by Gasteiger charge is 2.12. The number of aromatic nitrogens is 1. The van der Waals surface area contributed by atoms with E-state index in [0.717, 1.165) is 20.8 Å². The number of hydrogen-bond acceptors (Lipinski definition) is 4.